The molecule has 0 aliphatic carbocycles. The zero-order valence-electron chi connectivity index (χ0n) is 8.79. The van der Waals surface area contributed by atoms with Crippen molar-refractivity contribution in [1.82, 2.24) is 5.32 Å². The highest BCUT2D eigenvalue weighted by Crippen LogP contribution is 1.90. The second-order valence-electron chi connectivity index (χ2n) is 2.90. The summed E-state index contributed by atoms with van der Waals surface area (Å²) in [7, 11) is 0. The fraction of sp³-hybridized carbons (Fsp3) is 0.545. The molecule has 0 aliphatic rings. The van der Waals surface area contributed by atoms with Crippen molar-refractivity contribution in [2.75, 3.05) is 13.2 Å². The van der Waals surface area contributed by atoms with Crippen molar-refractivity contribution in [3.05, 3.63) is 24.9 Å². The zero-order valence-corrected chi connectivity index (χ0v) is 8.79. The van der Waals surface area contributed by atoms with Gasteiger partial charge in [0.15, 0.2) is 0 Å². The Morgan fingerprint density at radius 1 is 1.50 bits per heavy atom. The lowest BCUT2D eigenvalue weighted by Crippen LogP contribution is -2.07. The topological polar surface area (TPSA) is 38.3 Å². The molecular weight excluding hydrogens is 178 g/mol. The molecule has 0 saturated carbocycles. The molecule has 0 aromatic rings. The van der Waals surface area contributed by atoms with Crippen LogP contribution in [-0.2, 0) is 9.53 Å². The maximum atomic E-state index is 10.6. The Hall–Kier alpha value is -1.25. The van der Waals surface area contributed by atoms with E-state index in [2.05, 4.69) is 18.8 Å². The first-order valence-electron chi connectivity index (χ1n) is 4.98. The number of unbranched alkanes of at least 4 members (excludes halogenated alkanes) is 2. The fourth-order valence-corrected chi connectivity index (χ4v) is 0.881. The highest BCUT2D eigenvalue weighted by molar-refractivity contribution is 5.81. The Morgan fingerprint density at radius 2 is 2.29 bits per heavy atom. The van der Waals surface area contributed by atoms with Crippen molar-refractivity contribution in [2.45, 2.75) is 26.2 Å². The lowest BCUT2D eigenvalue weighted by Gasteiger charge is -1.99. The van der Waals surface area contributed by atoms with Crippen LogP contribution in [0.5, 0.6) is 0 Å². The average molecular weight is 197 g/mol. The maximum Gasteiger partial charge on any atom is 0.330 e. The van der Waals surface area contributed by atoms with Crippen LogP contribution in [0.1, 0.15) is 26.2 Å². The standard InChI is InChI=1S/C11H19NO2/c1-3-5-6-8-12-9-7-10-14-11(13)4-2/h4,7,9,12H,2-3,5-6,8,10H2,1H3. The molecule has 0 unspecified atom stereocenters. The molecule has 0 bridgehead atoms. The van der Waals surface area contributed by atoms with Crippen LogP contribution in [-0.4, -0.2) is 19.1 Å². The highest BCUT2D eigenvalue weighted by Gasteiger charge is 1.89. The smallest absolute Gasteiger partial charge is 0.330 e. The van der Waals surface area contributed by atoms with Gasteiger partial charge in [0.05, 0.1) is 0 Å². The van der Waals surface area contributed by atoms with Gasteiger partial charge in [-0.15, -0.1) is 0 Å². The molecule has 0 heterocycles. The minimum absolute atomic E-state index is 0.297. The molecule has 0 atom stereocenters. The van der Waals surface area contributed by atoms with E-state index in [1.54, 1.807) is 6.08 Å². The summed E-state index contributed by atoms with van der Waals surface area (Å²) in [5.41, 5.74) is 0. The quantitative estimate of drug-likeness (QED) is 0.367. The molecule has 80 valence electrons. The van der Waals surface area contributed by atoms with Crippen molar-refractivity contribution in [3.8, 4) is 0 Å². The van der Waals surface area contributed by atoms with Gasteiger partial charge in [-0.3, -0.25) is 0 Å². The van der Waals surface area contributed by atoms with Gasteiger partial charge < -0.3 is 10.1 Å². The molecule has 0 spiro atoms. The first-order chi connectivity index (χ1) is 6.81. The third-order valence-electron chi connectivity index (χ3n) is 1.65. The van der Waals surface area contributed by atoms with E-state index in [-0.39, 0.29) is 5.97 Å². The first-order valence-corrected chi connectivity index (χ1v) is 4.98. The minimum Gasteiger partial charge on any atom is -0.458 e. The number of nitrogens with one attached hydrogen (secondary N) is 1. The largest absolute Gasteiger partial charge is 0.458 e. The number of carbonyl (C=O) groups excluding carboxylic acids is 1. The molecule has 3 nitrogen and oxygen atoms in total. The summed E-state index contributed by atoms with van der Waals surface area (Å²) in [5.74, 6) is -0.388. The van der Waals surface area contributed by atoms with Crippen LogP contribution in [0, 0.1) is 0 Å². The summed E-state index contributed by atoms with van der Waals surface area (Å²) in [6, 6.07) is 0. The van der Waals surface area contributed by atoms with Crippen LogP contribution in [0.15, 0.2) is 24.9 Å². The van der Waals surface area contributed by atoms with Crippen molar-refractivity contribution >= 4 is 5.97 Å². The predicted molar refractivity (Wildman–Crippen MR) is 57.8 cm³/mol. The number of carbonyl (C=O) groups is 1. The van der Waals surface area contributed by atoms with Gasteiger partial charge in [0.1, 0.15) is 6.61 Å². The molecule has 0 saturated heterocycles. The third-order valence-corrected chi connectivity index (χ3v) is 1.65. The van der Waals surface area contributed by atoms with Crippen molar-refractivity contribution in [1.29, 1.82) is 0 Å². The van der Waals surface area contributed by atoms with Gasteiger partial charge in [0.2, 0.25) is 0 Å². The molecule has 0 fully saturated rings. The van der Waals surface area contributed by atoms with Crippen LogP contribution in [0.4, 0.5) is 0 Å². The molecule has 3 heteroatoms. The first kappa shape index (κ1) is 12.8. The van der Waals surface area contributed by atoms with Crippen LogP contribution >= 0.6 is 0 Å². The van der Waals surface area contributed by atoms with E-state index in [0.717, 1.165) is 12.6 Å². The van der Waals surface area contributed by atoms with Gasteiger partial charge in [0.25, 0.3) is 0 Å². The summed E-state index contributed by atoms with van der Waals surface area (Å²) >= 11 is 0. The normalized spacial score (nSPS) is 10.1. The van der Waals surface area contributed by atoms with Crippen molar-refractivity contribution < 1.29 is 9.53 Å². The average Bonchev–Trinajstić information content (AvgIpc) is 2.21. The van der Waals surface area contributed by atoms with Gasteiger partial charge in [0, 0.05) is 12.6 Å². The Balaban J connectivity index is 3.19. The van der Waals surface area contributed by atoms with E-state index in [0.29, 0.717) is 6.61 Å². The van der Waals surface area contributed by atoms with Gasteiger partial charge in [-0.1, -0.05) is 26.3 Å². The summed E-state index contributed by atoms with van der Waals surface area (Å²) in [6.45, 7) is 6.74. The Kier molecular flexibility index (Phi) is 8.96. The van der Waals surface area contributed by atoms with Crippen LogP contribution in [0.3, 0.4) is 0 Å². The number of rotatable bonds is 8. The van der Waals surface area contributed by atoms with E-state index >= 15 is 0 Å². The Labute approximate surface area is 85.8 Å². The summed E-state index contributed by atoms with van der Waals surface area (Å²) < 4.78 is 4.74. The summed E-state index contributed by atoms with van der Waals surface area (Å²) in [4.78, 5) is 10.6. The molecule has 0 amide bonds. The zero-order chi connectivity index (χ0) is 10.6. The molecule has 0 rings (SSSR count). The van der Waals surface area contributed by atoms with Gasteiger partial charge in [-0.05, 0) is 18.7 Å². The molecule has 0 aromatic heterocycles. The molecule has 0 radical (unpaired) electrons. The molecular formula is C11H19NO2. The monoisotopic (exact) mass is 197 g/mol. The maximum absolute atomic E-state index is 10.6. The van der Waals surface area contributed by atoms with Crippen molar-refractivity contribution in [3.63, 3.8) is 0 Å². The van der Waals surface area contributed by atoms with Gasteiger partial charge >= 0.3 is 5.97 Å². The van der Waals surface area contributed by atoms with Gasteiger partial charge in [-0.25, -0.2) is 4.79 Å². The highest BCUT2D eigenvalue weighted by atomic mass is 16.5. The van der Waals surface area contributed by atoms with E-state index in [9.17, 15) is 4.79 Å². The minimum atomic E-state index is -0.388. The molecule has 0 aromatic carbocycles. The molecule has 0 aliphatic heterocycles. The van der Waals surface area contributed by atoms with E-state index in [4.69, 9.17) is 4.74 Å². The van der Waals surface area contributed by atoms with Gasteiger partial charge in [-0.2, -0.15) is 0 Å². The van der Waals surface area contributed by atoms with Crippen LogP contribution < -0.4 is 5.32 Å². The Bertz CT molecular complexity index is 188. The fourth-order valence-electron chi connectivity index (χ4n) is 0.881. The lowest BCUT2D eigenvalue weighted by atomic mass is 10.2. The molecule has 14 heavy (non-hydrogen) atoms. The number of esters is 1. The van der Waals surface area contributed by atoms with Crippen LogP contribution in [0.2, 0.25) is 0 Å². The SMILES string of the molecule is C=CC(=O)OCC=CNCCCCC. The van der Waals surface area contributed by atoms with Crippen LogP contribution in [0.25, 0.3) is 0 Å². The summed E-state index contributed by atoms with van der Waals surface area (Å²) in [5, 5.41) is 3.11. The Morgan fingerprint density at radius 3 is 2.93 bits per heavy atom. The second kappa shape index (κ2) is 9.84. The second-order valence-corrected chi connectivity index (χ2v) is 2.90. The third kappa shape index (κ3) is 8.84. The van der Waals surface area contributed by atoms with E-state index in [1.165, 1.54) is 19.3 Å². The number of hydrogen-bond acceptors (Lipinski definition) is 3. The summed E-state index contributed by atoms with van der Waals surface area (Å²) in [6.07, 6.45) is 8.38. The number of hydrogen-bond donors (Lipinski definition) is 1. The molecule has 1 N–H and O–H groups in total. The lowest BCUT2D eigenvalue weighted by molar-refractivity contribution is -0.136. The van der Waals surface area contributed by atoms with Crippen molar-refractivity contribution in [2.24, 2.45) is 0 Å². The number of ether oxygens (including phenoxy) is 1. The van der Waals surface area contributed by atoms with E-state index < -0.39 is 0 Å². The predicted octanol–water partition coefficient (Wildman–Crippen LogP) is 2.01. The van der Waals surface area contributed by atoms with E-state index in [1.807, 2.05) is 6.20 Å².